The summed E-state index contributed by atoms with van der Waals surface area (Å²) >= 11 is 0. The van der Waals surface area contributed by atoms with Gasteiger partial charge in [0.25, 0.3) is 5.56 Å². The Bertz CT molecular complexity index is 1020. The molecule has 25 heavy (non-hydrogen) atoms. The number of fused-ring (bicyclic) bond motifs is 1. The van der Waals surface area contributed by atoms with Crippen LogP contribution in [-0.2, 0) is 17.2 Å². The smallest absolute Gasteiger partial charge is 0.267 e. The summed E-state index contributed by atoms with van der Waals surface area (Å²) < 4.78 is 27.4. The van der Waals surface area contributed by atoms with E-state index in [1.807, 2.05) is 6.92 Å². The highest BCUT2D eigenvalue weighted by Crippen LogP contribution is 2.20. The highest BCUT2D eigenvalue weighted by Gasteiger charge is 2.17. The highest BCUT2D eigenvalue weighted by atomic mass is 32.2. The molecule has 1 heterocycles. The zero-order chi connectivity index (χ0) is 18.0. The summed E-state index contributed by atoms with van der Waals surface area (Å²) in [5.41, 5.74) is 0.423. The fraction of sp³-hybridized carbons (Fsp3) is 0.222. The Morgan fingerprint density at radius 2 is 2.00 bits per heavy atom. The van der Waals surface area contributed by atoms with Crippen LogP contribution in [0.1, 0.15) is 12.7 Å². The molecule has 0 fully saturated rings. The third kappa shape index (κ3) is 3.25. The van der Waals surface area contributed by atoms with Gasteiger partial charge >= 0.3 is 0 Å². The Labute approximate surface area is 146 Å². The van der Waals surface area contributed by atoms with E-state index in [0.717, 1.165) is 0 Å². The zero-order valence-electron chi connectivity index (χ0n) is 13.6. The van der Waals surface area contributed by atoms with Crippen LogP contribution < -0.4 is 5.56 Å². The summed E-state index contributed by atoms with van der Waals surface area (Å²) in [6.45, 7) is 1.61. The predicted molar refractivity (Wildman–Crippen MR) is 95.0 cm³/mol. The first-order chi connectivity index (χ1) is 12.1. The van der Waals surface area contributed by atoms with Crippen LogP contribution in [0.15, 0.2) is 52.2 Å². The SMILES string of the molecule is CCc1nc2cccc(S(=O)CCO)c2c(=O)n1-c1cccc(F)c1. The molecule has 0 aliphatic heterocycles. The normalized spacial score (nSPS) is 12.4. The van der Waals surface area contributed by atoms with E-state index >= 15 is 0 Å². The molecule has 5 nitrogen and oxygen atoms in total. The van der Waals surface area contributed by atoms with E-state index in [1.54, 1.807) is 24.3 Å². The second-order valence-corrected chi connectivity index (χ2v) is 6.96. The van der Waals surface area contributed by atoms with Crippen LogP contribution in [0.3, 0.4) is 0 Å². The maximum atomic E-state index is 13.6. The molecule has 7 heteroatoms. The van der Waals surface area contributed by atoms with Crippen molar-refractivity contribution in [1.29, 1.82) is 0 Å². The van der Waals surface area contributed by atoms with Gasteiger partial charge in [0, 0.05) is 6.42 Å². The van der Waals surface area contributed by atoms with Crippen LogP contribution in [0.25, 0.3) is 16.6 Å². The molecule has 0 aliphatic carbocycles. The number of halogens is 1. The molecular formula is C18H17FN2O3S. The summed E-state index contributed by atoms with van der Waals surface area (Å²) in [6.07, 6.45) is 0.478. The molecule has 1 atom stereocenters. The molecule has 130 valence electrons. The summed E-state index contributed by atoms with van der Waals surface area (Å²) in [7, 11) is -1.52. The van der Waals surface area contributed by atoms with Crippen molar-refractivity contribution < 1.29 is 13.7 Å². The molecular weight excluding hydrogens is 343 g/mol. The fourth-order valence-corrected chi connectivity index (χ4v) is 3.78. The Hall–Kier alpha value is -2.38. The van der Waals surface area contributed by atoms with Crippen molar-refractivity contribution in [3.05, 3.63) is 64.5 Å². The van der Waals surface area contributed by atoms with Gasteiger partial charge in [-0.3, -0.25) is 13.6 Å². The van der Waals surface area contributed by atoms with Crippen LogP contribution in [0.5, 0.6) is 0 Å². The molecule has 0 saturated heterocycles. The van der Waals surface area contributed by atoms with Gasteiger partial charge in [-0.1, -0.05) is 19.1 Å². The Morgan fingerprint density at radius 3 is 2.68 bits per heavy atom. The van der Waals surface area contributed by atoms with Gasteiger partial charge in [-0.2, -0.15) is 0 Å². The third-order valence-corrected chi connectivity index (χ3v) is 5.22. The lowest BCUT2D eigenvalue weighted by Crippen LogP contribution is -2.25. The summed E-state index contributed by atoms with van der Waals surface area (Å²) in [6, 6.07) is 10.7. The van der Waals surface area contributed by atoms with E-state index in [4.69, 9.17) is 5.11 Å². The average molecular weight is 360 g/mol. The van der Waals surface area contributed by atoms with E-state index in [0.29, 0.717) is 28.3 Å². The van der Waals surface area contributed by atoms with Gasteiger partial charge in [0.2, 0.25) is 0 Å². The number of rotatable bonds is 5. The Morgan fingerprint density at radius 1 is 1.24 bits per heavy atom. The maximum absolute atomic E-state index is 13.6. The van der Waals surface area contributed by atoms with Gasteiger partial charge in [0.05, 0.1) is 44.6 Å². The first kappa shape index (κ1) is 17.4. The molecule has 2 aromatic carbocycles. The van der Waals surface area contributed by atoms with Gasteiger partial charge < -0.3 is 5.11 Å². The molecule has 0 amide bonds. The zero-order valence-corrected chi connectivity index (χ0v) is 14.4. The standard InChI is InChI=1S/C18H17FN2O3S/c1-2-16-20-14-7-4-8-15(25(24)10-9-22)17(14)18(23)21(16)13-6-3-5-12(19)11-13/h3-8,11,22H,2,9-10H2,1H3. The molecule has 3 rings (SSSR count). The summed E-state index contributed by atoms with van der Waals surface area (Å²) in [5.74, 6) is 0.0745. The lowest BCUT2D eigenvalue weighted by Gasteiger charge is -2.14. The van der Waals surface area contributed by atoms with Gasteiger partial charge in [-0.25, -0.2) is 9.37 Å². The number of aryl methyl sites for hydroxylation is 1. The second kappa shape index (κ2) is 7.25. The minimum absolute atomic E-state index is 0.0358. The molecule has 0 saturated carbocycles. The van der Waals surface area contributed by atoms with Gasteiger partial charge in [0.1, 0.15) is 11.6 Å². The minimum atomic E-state index is -1.52. The van der Waals surface area contributed by atoms with E-state index in [-0.39, 0.29) is 17.7 Å². The Kier molecular flexibility index (Phi) is 5.06. The van der Waals surface area contributed by atoms with E-state index < -0.39 is 22.2 Å². The monoisotopic (exact) mass is 360 g/mol. The van der Waals surface area contributed by atoms with Crippen LogP contribution in [0.2, 0.25) is 0 Å². The number of nitrogens with zero attached hydrogens (tertiary/aromatic N) is 2. The second-order valence-electron chi connectivity index (χ2n) is 5.43. The summed E-state index contributed by atoms with van der Waals surface area (Å²) in [5, 5.41) is 9.28. The molecule has 0 aliphatic rings. The molecule has 0 spiro atoms. The van der Waals surface area contributed by atoms with E-state index in [2.05, 4.69) is 4.98 Å². The van der Waals surface area contributed by atoms with Crippen LogP contribution in [0, 0.1) is 5.82 Å². The predicted octanol–water partition coefficient (Wildman–Crippen LogP) is 2.19. The van der Waals surface area contributed by atoms with Crippen molar-refractivity contribution in [3.63, 3.8) is 0 Å². The number of aliphatic hydroxyl groups is 1. The molecule has 0 radical (unpaired) electrons. The fourth-order valence-electron chi connectivity index (χ4n) is 2.75. The molecule has 1 aromatic heterocycles. The average Bonchev–Trinajstić information content (AvgIpc) is 2.61. The first-order valence-corrected chi connectivity index (χ1v) is 9.18. The number of hydrogen-bond donors (Lipinski definition) is 1. The molecule has 1 N–H and O–H groups in total. The third-order valence-electron chi connectivity index (χ3n) is 3.83. The van der Waals surface area contributed by atoms with Gasteiger partial charge in [-0.15, -0.1) is 0 Å². The highest BCUT2D eigenvalue weighted by molar-refractivity contribution is 7.85. The van der Waals surface area contributed by atoms with E-state index in [1.165, 1.54) is 22.8 Å². The van der Waals surface area contributed by atoms with Crippen LogP contribution in [0.4, 0.5) is 4.39 Å². The Balaban J connectivity index is 2.38. The van der Waals surface area contributed by atoms with Crippen molar-refractivity contribution in [1.82, 2.24) is 9.55 Å². The lowest BCUT2D eigenvalue weighted by molar-refractivity contribution is 0.321. The number of aromatic nitrogens is 2. The topological polar surface area (TPSA) is 72.2 Å². The van der Waals surface area contributed by atoms with Crippen LogP contribution in [-0.4, -0.2) is 31.2 Å². The number of hydrogen-bond acceptors (Lipinski definition) is 4. The minimum Gasteiger partial charge on any atom is -0.395 e. The first-order valence-electron chi connectivity index (χ1n) is 7.86. The van der Waals surface area contributed by atoms with Crippen molar-refractivity contribution >= 4 is 21.7 Å². The molecule has 1 unspecified atom stereocenters. The van der Waals surface area contributed by atoms with Crippen molar-refractivity contribution in [2.45, 2.75) is 18.2 Å². The summed E-state index contributed by atoms with van der Waals surface area (Å²) in [4.78, 5) is 18.0. The largest absolute Gasteiger partial charge is 0.395 e. The van der Waals surface area contributed by atoms with Gasteiger partial charge in [0.15, 0.2) is 0 Å². The van der Waals surface area contributed by atoms with Crippen LogP contribution >= 0.6 is 0 Å². The lowest BCUT2D eigenvalue weighted by atomic mass is 10.2. The maximum Gasteiger partial charge on any atom is 0.267 e. The van der Waals surface area contributed by atoms with Crippen molar-refractivity contribution in [3.8, 4) is 5.69 Å². The number of aliphatic hydroxyl groups excluding tert-OH is 1. The van der Waals surface area contributed by atoms with Crippen molar-refractivity contribution in [2.75, 3.05) is 12.4 Å². The number of benzene rings is 2. The van der Waals surface area contributed by atoms with E-state index in [9.17, 15) is 13.4 Å². The quantitative estimate of drug-likeness (QED) is 0.757. The van der Waals surface area contributed by atoms with Gasteiger partial charge in [-0.05, 0) is 30.3 Å². The molecule has 3 aromatic rings. The van der Waals surface area contributed by atoms with Crippen molar-refractivity contribution in [2.24, 2.45) is 0 Å². The molecule has 0 bridgehead atoms.